The molecular weight excluding hydrogens is 266 g/mol. The van der Waals surface area contributed by atoms with Crippen molar-refractivity contribution in [3.8, 4) is 17.2 Å². The third kappa shape index (κ3) is 2.79. The van der Waals surface area contributed by atoms with Gasteiger partial charge in [-0.15, -0.1) is 0 Å². The van der Waals surface area contributed by atoms with Crippen molar-refractivity contribution < 1.29 is 14.3 Å². The molecule has 0 unspecified atom stereocenters. The van der Waals surface area contributed by atoms with Gasteiger partial charge in [-0.05, 0) is 45.9 Å². The molecular formula is C17H21NO3. The lowest BCUT2D eigenvalue weighted by Crippen LogP contribution is -2.04. The molecule has 0 spiro atoms. The average Bonchev–Trinajstić information content (AvgIpc) is 2.75. The van der Waals surface area contributed by atoms with Gasteiger partial charge in [-0.3, -0.25) is 4.79 Å². The van der Waals surface area contributed by atoms with Gasteiger partial charge in [0.1, 0.15) is 11.5 Å². The number of carbonyl (C=O) groups is 1. The zero-order valence-electron chi connectivity index (χ0n) is 13.2. The van der Waals surface area contributed by atoms with Crippen molar-refractivity contribution in [2.45, 2.75) is 27.7 Å². The van der Waals surface area contributed by atoms with E-state index in [1.54, 1.807) is 14.0 Å². The minimum Gasteiger partial charge on any atom is -0.494 e. The van der Waals surface area contributed by atoms with Crippen molar-refractivity contribution in [1.82, 2.24) is 4.57 Å². The van der Waals surface area contributed by atoms with E-state index < -0.39 is 0 Å². The Labute approximate surface area is 125 Å². The number of hydrogen-bond donors (Lipinski definition) is 0. The summed E-state index contributed by atoms with van der Waals surface area (Å²) in [6, 6.07) is 7.64. The Morgan fingerprint density at radius 1 is 1.24 bits per heavy atom. The van der Waals surface area contributed by atoms with Gasteiger partial charge < -0.3 is 14.0 Å². The van der Waals surface area contributed by atoms with Gasteiger partial charge in [-0.2, -0.15) is 0 Å². The third-order valence-electron chi connectivity index (χ3n) is 3.51. The number of hydrogen-bond acceptors (Lipinski definition) is 3. The molecule has 0 fully saturated rings. The minimum absolute atomic E-state index is 0.0688. The van der Waals surface area contributed by atoms with Crippen molar-refractivity contribution in [1.29, 1.82) is 0 Å². The first-order chi connectivity index (χ1) is 9.99. The van der Waals surface area contributed by atoms with Crippen LogP contribution < -0.4 is 9.47 Å². The number of nitrogens with zero attached hydrogens (tertiary/aromatic N) is 1. The van der Waals surface area contributed by atoms with Gasteiger partial charge in [0.2, 0.25) is 0 Å². The van der Waals surface area contributed by atoms with E-state index in [0.29, 0.717) is 6.61 Å². The molecule has 4 heteroatoms. The number of ether oxygens (including phenoxy) is 2. The SMILES string of the molecule is CCOc1ccc(-n2c(C)cc(C(C)=O)c2C)c(OC)c1. The fourth-order valence-corrected chi connectivity index (χ4v) is 2.59. The molecule has 0 radical (unpaired) electrons. The summed E-state index contributed by atoms with van der Waals surface area (Å²) >= 11 is 0. The van der Waals surface area contributed by atoms with Crippen LogP contribution in [0, 0.1) is 13.8 Å². The summed E-state index contributed by atoms with van der Waals surface area (Å²) < 4.78 is 13.0. The molecule has 1 aromatic heterocycles. The van der Waals surface area contributed by atoms with Crippen LogP contribution in [0.3, 0.4) is 0 Å². The van der Waals surface area contributed by atoms with Crippen molar-refractivity contribution in [2.24, 2.45) is 0 Å². The molecule has 0 saturated heterocycles. The van der Waals surface area contributed by atoms with Crippen molar-refractivity contribution in [2.75, 3.05) is 13.7 Å². The molecule has 4 nitrogen and oxygen atoms in total. The van der Waals surface area contributed by atoms with E-state index in [9.17, 15) is 4.79 Å². The molecule has 0 atom stereocenters. The van der Waals surface area contributed by atoms with Gasteiger partial charge in [-0.25, -0.2) is 0 Å². The monoisotopic (exact) mass is 287 g/mol. The summed E-state index contributed by atoms with van der Waals surface area (Å²) in [4.78, 5) is 11.7. The second kappa shape index (κ2) is 6.04. The first-order valence-electron chi connectivity index (χ1n) is 7.00. The Morgan fingerprint density at radius 2 is 1.95 bits per heavy atom. The molecule has 21 heavy (non-hydrogen) atoms. The molecule has 0 N–H and O–H groups in total. The number of aromatic nitrogens is 1. The average molecular weight is 287 g/mol. The van der Waals surface area contributed by atoms with Gasteiger partial charge in [0.15, 0.2) is 5.78 Å². The summed E-state index contributed by atoms with van der Waals surface area (Å²) in [6.45, 7) is 8.06. The van der Waals surface area contributed by atoms with Crippen LogP contribution in [0.2, 0.25) is 0 Å². The van der Waals surface area contributed by atoms with E-state index in [1.807, 2.05) is 49.6 Å². The minimum atomic E-state index is 0.0688. The lowest BCUT2D eigenvalue weighted by Gasteiger charge is -2.15. The lowest BCUT2D eigenvalue weighted by molar-refractivity contribution is 0.101. The molecule has 1 aromatic carbocycles. The van der Waals surface area contributed by atoms with Crippen LogP contribution in [0.5, 0.6) is 11.5 Å². The second-order valence-electron chi connectivity index (χ2n) is 4.94. The fraction of sp³-hybridized carbons (Fsp3) is 0.353. The number of Topliss-reactive ketones (excluding diaryl/α,β-unsaturated/α-hetero) is 1. The largest absolute Gasteiger partial charge is 0.494 e. The zero-order chi connectivity index (χ0) is 15.6. The van der Waals surface area contributed by atoms with E-state index >= 15 is 0 Å². The first kappa shape index (κ1) is 15.2. The number of benzene rings is 1. The maximum absolute atomic E-state index is 11.7. The normalized spacial score (nSPS) is 10.5. The van der Waals surface area contributed by atoms with Gasteiger partial charge in [0.05, 0.1) is 19.4 Å². The molecule has 112 valence electrons. The van der Waals surface area contributed by atoms with Crippen LogP contribution >= 0.6 is 0 Å². The van der Waals surface area contributed by atoms with Crippen LogP contribution in [0.25, 0.3) is 5.69 Å². The Kier molecular flexibility index (Phi) is 4.36. The molecule has 0 amide bonds. The Balaban J connectivity index is 2.59. The number of carbonyl (C=O) groups excluding carboxylic acids is 1. The third-order valence-corrected chi connectivity index (χ3v) is 3.51. The summed E-state index contributed by atoms with van der Waals surface area (Å²) in [5, 5.41) is 0. The van der Waals surface area contributed by atoms with Gasteiger partial charge in [0.25, 0.3) is 0 Å². The highest BCUT2D eigenvalue weighted by Crippen LogP contribution is 2.31. The first-order valence-corrected chi connectivity index (χ1v) is 7.00. The van der Waals surface area contributed by atoms with Crippen LogP contribution in [0.1, 0.15) is 35.6 Å². The predicted octanol–water partition coefficient (Wildman–Crippen LogP) is 3.70. The number of methoxy groups -OCH3 is 1. The highest BCUT2D eigenvalue weighted by Gasteiger charge is 2.16. The van der Waals surface area contributed by atoms with E-state index in [2.05, 4.69) is 0 Å². The highest BCUT2D eigenvalue weighted by molar-refractivity contribution is 5.95. The number of ketones is 1. The molecule has 1 heterocycles. The summed E-state index contributed by atoms with van der Waals surface area (Å²) in [6.07, 6.45) is 0. The predicted molar refractivity (Wildman–Crippen MR) is 83.0 cm³/mol. The summed E-state index contributed by atoms with van der Waals surface area (Å²) in [5.74, 6) is 1.56. The second-order valence-corrected chi connectivity index (χ2v) is 4.94. The van der Waals surface area contributed by atoms with Crippen molar-refractivity contribution in [3.05, 3.63) is 41.2 Å². The lowest BCUT2D eigenvalue weighted by atomic mass is 10.2. The summed E-state index contributed by atoms with van der Waals surface area (Å²) in [5.41, 5.74) is 3.56. The van der Waals surface area contributed by atoms with Crippen molar-refractivity contribution >= 4 is 5.78 Å². The molecule has 2 rings (SSSR count). The molecule has 0 aliphatic heterocycles. The molecule has 0 bridgehead atoms. The quantitative estimate of drug-likeness (QED) is 0.787. The van der Waals surface area contributed by atoms with Gasteiger partial charge in [0, 0.05) is 23.0 Å². The number of aryl methyl sites for hydroxylation is 1. The van der Waals surface area contributed by atoms with Gasteiger partial charge >= 0.3 is 0 Å². The molecule has 0 saturated carbocycles. The van der Waals surface area contributed by atoms with E-state index in [4.69, 9.17) is 9.47 Å². The van der Waals surface area contributed by atoms with Crippen LogP contribution in [-0.2, 0) is 0 Å². The molecule has 0 aliphatic rings. The topological polar surface area (TPSA) is 40.5 Å². The summed E-state index contributed by atoms with van der Waals surface area (Å²) in [7, 11) is 1.63. The Morgan fingerprint density at radius 3 is 2.48 bits per heavy atom. The van der Waals surface area contributed by atoms with Crippen molar-refractivity contribution in [3.63, 3.8) is 0 Å². The zero-order valence-corrected chi connectivity index (χ0v) is 13.2. The Bertz CT molecular complexity index is 671. The van der Waals surface area contributed by atoms with Crippen LogP contribution in [0.4, 0.5) is 0 Å². The van der Waals surface area contributed by atoms with Crippen LogP contribution in [0.15, 0.2) is 24.3 Å². The number of rotatable bonds is 5. The standard InChI is InChI=1S/C17H21NO3/c1-6-21-14-7-8-16(17(10-14)20-5)18-11(2)9-15(12(18)3)13(4)19/h7-10H,6H2,1-5H3. The Hall–Kier alpha value is -2.23. The smallest absolute Gasteiger partial charge is 0.161 e. The van der Waals surface area contributed by atoms with Gasteiger partial charge in [-0.1, -0.05) is 0 Å². The van der Waals surface area contributed by atoms with E-state index in [0.717, 1.165) is 34.1 Å². The fourth-order valence-electron chi connectivity index (χ4n) is 2.59. The van der Waals surface area contributed by atoms with E-state index in [-0.39, 0.29) is 5.78 Å². The highest BCUT2D eigenvalue weighted by atomic mass is 16.5. The van der Waals surface area contributed by atoms with Crippen LogP contribution in [-0.4, -0.2) is 24.1 Å². The van der Waals surface area contributed by atoms with E-state index in [1.165, 1.54) is 0 Å². The maximum Gasteiger partial charge on any atom is 0.161 e. The molecule has 0 aliphatic carbocycles. The molecule has 2 aromatic rings. The maximum atomic E-state index is 11.7.